The van der Waals surface area contributed by atoms with Crippen molar-refractivity contribution in [3.8, 4) is 0 Å². The summed E-state index contributed by atoms with van der Waals surface area (Å²) in [5, 5.41) is 15.8. The third-order valence-electron chi connectivity index (χ3n) is 19.1. The van der Waals surface area contributed by atoms with Crippen molar-refractivity contribution < 1.29 is 28.6 Å². The molecule has 9 aromatic rings. The normalized spacial score (nSPS) is 12.2. The Morgan fingerprint density at radius 2 is 0.879 bits per heavy atom. The van der Waals surface area contributed by atoms with Crippen LogP contribution in [0.15, 0.2) is 261 Å². The van der Waals surface area contributed by atoms with Gasteiger partial charge in [-0.15, -0.1) is 18.3 Å². The zero-order chi connectivity index (χ0) is 87.7. The molecule has 0 aromatic heterocycles. The summed E-state index contributed by atoms with van der Waals surface area (Å²) in [6.45, 7) is 70.5. The van der Waals surface area contributed by atoms with Crippen molar-refractivity contribution in [1.82, 2.24) is 5.32 Å². The fourth-order valence-corrected chi connectivity index (χ4v) is 11.9. The molecule has 2 amide bonds. The van der Waals surface area contributed by atoms with Gasteiger partial charge in [0.2, 0.25) is 0 Å². The minimum Gasteiger partial charge on any atom is -0.412 e. The van der Waals surface area contributed by atoms with Crippen LogP contribution >= 0.6 is 11.8 Å². The summed E-state index contributed by atoms with van der Waals surface area (Å²) in [6.07, 6.45) is 16.1. The first-order valence-electron chi connectivity index (χ1n) is 40.2. The van der Waals surface area contributed by atoms with Gasteiger partial charge >= 0.3 is 11.6 Å². The molecule has 1 atom stereocenters. The number of allylic oxidation sites excluding steroid dienone is 6. The maximum absolute atomic E-state index is 11.4. The highest BCUT2D eigenvalue weighted by molar-refractivity contribution is 7.98. The molecule has 0 bridgehead atoms. The third kappa shape index (κ3) is 39.3. The number of amides is 2. The molecule has 0 aliphatic carbocycles. The average molecular weight is 1610 g/mol. The molecule has 1 aliphatic heterocycles. The largest absolute Gasteiger partial charge is 0.412 e. The fraction of sp³-hybridized carbons (Fsp3) is 0.396. The van der Waals surface area contributed by atoms with Crippen LogP contribution in [-0.2, 0) is 62.3 Å². The van der Waals surface area contributed by atoms with Crippen LogP contribution in [0.3, 0.4) is 0 Å². The number of aryl methyl sites for hydroxylation is 3. The van der Waals surface area contributed by atoms with E-state index in [4.69, 9.17) is 8.42 Å². The summed E-state index contributed by atoms with van der Waals surface area (Å²) in [4.78, 5) is 26.2. The molecule has 116 heavy (non-hydrogen) atoms. The predicted octanol–water partition coefficient (Wildman–Crippen LogP) is 27.6. The van der Waals surface area contributed by atoms with E-state index in [2.05, 4.69) is 412 Å². The van der Waals surface area contributed by atoms with E-state index in [1.165, 1.54) is 82.6 Å². The third-order valence-corrected chi connectivity index (χ3v) is 19.8. The van der Waals surface area contributed by atoms with Gasteiger partial charge < -0.3 is 15.5 Å². The van der Waals surface area contributed by atoms with Crippen LogP contribution in [0.2, 0.25) is 0 Å². The van der Waals surface area contributed by atoms with Gasteiger partial charge in [-0.1, -0.05) is 396 Å². The number of hydrogen-bond acceptors (Lipinski definition) is 7. The van der Waals surface area contributed by atoms with Gasteiger partial charge in [-0.3, -0.25) is 14.9 Å². The number of aliphatic hydroxyl groups excluding tert-OH is 1. The van der Waals surface area contributed by atoms with Crippen molar-refractivity contribution in [2.24, 2.45) is 5.41 Å². The number of carbonyl (C=O) groups excluding carboxylic acids is 2. The van der Waals surface area contributed by atoms with Gasteiger partial charge in [0.05, 0.1) is 17.2 Å². The number of benzene rings is 9. The Kier molecular flexibility index (Phi) is 43.4. The SMILES string of the molecule is C=C/C(C)=C\C=C\C(C)(C)C.C=CCCc1ccc(C(C)(C)C)cc1C(O)Cc1ccccc1.C=Cc1ccc(C(C)(C)C)cc1.CC(C)(C)c1ccc2c(c1)C(=O)NC2=O.CC(C)(C)c1ccc2ccccc2c1.CN(C)c1ccc(C(C)(C)C)cc1.CSc1ccc(C(C)(C)C)cc1.Cc1cc(C)cc(C(C)(C)C)c1.O.O=S=O. The summed E-state index contributed by atoms with van der Waals surface area (Å²) < 4.78 is 16.6. The van der Waals surface area contributed by atoms with E-state index in [1.807, 2.05) is 49.4 Å². The first-order chi connectivity index (χ1) is 53.1. The Bertz CT molecular complexity index is 4570. The second kappa shape index (κ2) is 48.0. The van der Waals surface area contributed by atoms with Crippen molar-refractivity contribution in [2.45, 2.75) is 255 Å². The van der Waals surface area contributed by atoms with Gasteiger partial charge in [0.25, 0.3) is 11.8 Å². The molecule has 10 heteroatoms. The maximum atomic E-state index is 11.4. The number of thioether (sulfide) groups is 1. The van der Waals surface area contributed by atoms with E-state index < -0.39 is 17.7 Å². The van der Waals surface area contributed by atoms with Crippen LogP contribution in [0, 0.1) is 19.3 Å². The van der Waals surface area contributed by atoms with Gasteiger partial charge in [-0.2, -0.15) is 8.42 Å². The minimum absolute atomic E-state index is 0. The molecule has 8 nitrogen and oxygen atoms in total. The second-order valence-electron chi connectivity index (χ2n) is 38.1. The number of aliphatic hydroxyl groups is 1. The molecular formula is C106H146N2O6S2. The summed E-state index contributed by atoms with van der Waals surface area (Å²) >= 11 is 1.04. The maximum Gasteiger partial charge on any atom is 0.335 e. The molecule has 0 saturated carbocycles. The van der Waals surface area contributed by atoms with E-state index in [9.17, 15) is 14.7 Å². The number of nitrogens with one attached hydrogen (secondary N) is 1. The van der Waals surface area contributed by atoms with Gasteiger partial charge in [0, 0.05) is 31.1 Å². The number of imide groups is 1. The van der Waals surface area contributed by atoms with Crippen LogP contribution in [0.25, 0.3) is 16.8 Å². The second-order valence-corrected chi connectivity index (χ2v) is 39.1. The molecular weight excluding hydrogens is 1460 g/mol. The number of hydrogen-bond donors (Lipinski definition) is 2. The molecule has 0 saturated heterocycles. The highest BCUT2D eigenvalue weighted by Gasteiger charge is 2.29. The number of rotatable bonds is 11. The lowest BCUT2D eigenvalue weighted by molar-refractivity contribution is 0.0879. The number of nitrogens with zero attached hydrogens (tertiary/aromatic N) is 1. The van der Waals surface area contributed by atoms with Crippen molar-refractivity contribution in [2.75, 3.05) is 25.3 Å². The van der Waals surface area contributed by atoms with Crippen LogP contribution in [-0.4, -0.2) is 51.2 Å². The van der Waals surface area contributed by atoms with Gasteiger partial charge in [0.1, 0.15) is 0 Å². The lowest BCUT2D eigenvalue weighted by Crippen LogP contribution is -2.20. The van der Waals surface area contributed by atoms with Gasteiger partial charge in [-0.25, -0.2) is 0 Å². The summed E-state index contributed by atoms with van der Waals surface area (Å²) in [6, 6.07) is 70.2. The van der Waals surface area contributed by atoms with Crippen molar-refractivity contribution >= 4 is 57.7 Å². The number of anilines is 1. The quantitative estimate of drug-likeness (QED) is 0.0570. The molecule has 0 fully saturated rings. The molecule has 1 heterocycles. The lowest BCUT2D eigenvalue weighted by Gasteiger charge is -2.23. The number of carbonyl (C=O) groups is 2. The lowest BCUT2D eigenvalue weighted by atomic mass is 9.83. The van der Waals surface area contributed by atoms with Gasteiger partial charge in [0.15, 0.2) is 0 Å². The van der Waals surface area contributed by atoms with Crippen LogP contribution in [0.5, 0.6) is 0 Å². The highest BCUT2D eigenvalue weighted by Crippen LogP contribution is 2.33. The monoisotopic (exact) mass is 1610 g/mol. The van der Waals surface area contributed by atoms with E-state index in [0.717, 1.165) is 29.5 Å². The molecule has 0 radical (unpaired) electrons. The van der Waals surface area contributed by atoms with Crippen molar-refractivity contribution in [3.63, 3.8) is 0 Å². The average Bonchev–Trinajstić information content (AvgIpc) is 1.62. The molecule has 4 N–H and O–H groups in total. The zero-order valence-corrected chi connectivity index (χ0v) is 78.3. The Labute approximate surface area is 712 Å². The predicted molar refractivity (Wildman–Crippen MR) is 510 cm³/mol. The number of fused-ring (bicyclic) bond motifs is 2. The van der Waals surface area contributed by atoms with E-state index in [-0.39, 0.29) is 60.6 Å². The molecule has 9 aromatic carbocycles. The standard InChI is InChI=1S/C22H28O.C14H16.C12H13NO2.C12H19N.C12H18.C12H16.C11H16S.C11H18.O2S.H2O/c1-5-6-12-18-13-14-19(22(2,3)4)16-20(18)21(23)15-17-10-8-7-9-11-17;1-14(2,3)13-9-8-11-6-4-5-7-12(11)10-13;1-12(2,3)7-4-5-8-9(6-7)11(15)13-10(8)14;1-12(2,3)10-6-8-11(9-7-10)13(4)5;1-9-6-10(2)8-11(7-9)12(3,4)5;1-5-10-6-8-11(9-7-10)12(2,3)4;1-11(2,3)9-5-7-10(12-4)8-6-9;1-6-10(2)8-7-9-11(3,4)5;1-3-2;/h5,7-11,13-14,16,21,23H,1,6,12,15H2,2-4H3;4-10H,1-3H3;4-6H,1-3H3,(H,13,14,15);6-9H,1-5H3;6-8H,1-5H3;5-9H,1H2,2-4H3;5-8H,1-4H3;6-9H,1H2,2-5H3;;1H2/b;;;;;;;9-7+,10-8-;;. The Morgan fingerprint density at radius 1 is 0.474 bits per heavy atom. The van der Waals surface area contributed by atoms with E-state index >= 15 is 0 Å². The summed E-state index contributed by atoms with van der Waals surface area (Å²) in [5.74, 6) is -0.587. The van der Waals surface area contributed by atoms with Crippen LogP contribution < -0.4 is 10.2 Å². The van der Waals surface area contributed by atoms with Crippen molar-refractivity contribution in [1.29, 1.82) is 0 Å². The van der Waals surface area contributed by atoms with E-state index in [0.29, 0.717) is 17.5 Å². The summed E-state index contributed by atoms with van der Waals surface area (Å²) in [5.41, 5.74) is 21.7. The molecule has 0 spiro atoms. The highest BCUT2D eigenvalue weighted by atomic mass is 32.2. The zero-order valence-electron chi connectivity index (χ0n) is 76.7. The van der Waals surface area contributed by atoms with Crippen LogP contribution in [0.1, 0.15) is 279 Å². The van der Waals surface area contributed by atoms with Gasteiger partial charge in [-0.05, 0) is 192 Å². The molecule has 628 valence electrons. The molecule has 10 rings (SSSR count). The molecule has 1 aliphatic rings. The first-order valence-corrected chi connectivity index (χ1v) is 42.1. The Morgan fingerprint density at radius 3 is 1.31 bits per heavy atom. The Balaban J connectivity index is 0.000000666. The first kappa shape index (κ1) is 105. The Hall–Kier alpha value is -9.03. The molecule has 1 unspecified atom stereocenters. The van der Waals surface area contributed by atoms with E-state index in [1.54, 1.807) is 23.9 Å². The minimum atomic E-state index is -0.750. The van der Waals surface area contributed by atoms with Crippen LogP contribution in [0.4, 0.5) is 5.69 Å². The summed E-state index contributed by atoms with van der Waals surface area (Å²) in [7, 11) is 4.12. The fourth-order valence-electron chi connectivity index (χ4n) is 11.5. The topological polar surface area (TPSA) is 135 Å². The van der Waals surface area contributed by atoms with Crippen molar-refractivity contribution in [3.05, 3.63) is 339 Å². The smallest absolute Gasteiger partial charge is 0.335 e.